The Morgan fingerprint density at radius 3 is 2.51 bits per heavy atom. The summed E-state index contributed by atoms with van der Waals surface area (Å²) in [5, 5.41) is 3.66. The molecule has 2 N–H and O–H groups in total. The van der Waals surface area contributed by atoms with Crippen molar-refractivity contribution in [2.24, 2.45) is 5.92 Å². The molecule has 1 aliphatic carbocycles. The molecule has 1 heterocycles. The van der Waals surface area contributed by atoms with Crippen molar-refractivity contribution < 1.29 is 17.9 Å². The van der Waals surface area contributed by atoms with Gasteiger partial charge in [-0.05, 0) is 78.9 Å². The molecule has 182 valence electrons. The minimum atomic E-state index is -3.81. The van der Waals surface area contributed by atoms with Gasteiger partial charge in [-0.15, -0.1) is 0 Å². The van der Waals surface area contributed by atoms with Gasteiger partial charge in [0, 0.05) is 21.6 Å². The first-order valence-electron chi connectivity index (χ1n) is 11.4. The van der Waals surface area contributed by atoms with Crippen LogP contribution in [0.4, 0.5) is 11.4 Å². The Morgan fingerprint density at radius 2 is 1.74 bits per heavy atom. The highest BCUT2D eigenvalue weighted by Gasteiger charge is 2.39. The van der Waals surface area contributed by atoms with Crippen LogP contribution in [0.25, 0.3) is 0 Å². The smallest absolute Gasteiger partial charge is 0.262 e. The summed E-state index contributed by atoms with van der Waals surface area (Å²) in [7, 11) is -0.609. The first kappa shape index (κ1) is 23.8. The molecule has 3 aromatic rings. The number of fused-ring (bicyclic) bond motifs is 3. The molecule has 0 radical (unpaired) electrons. The molecule has 0 amide bonds. The standard InChI is InChI=1S/C27H27BrN2O4S/c1-16-7-11-26(34-3)24(13-16)30-35(31,32)18-9-10-23-21(15-18)19-5-4-6-20(19)27(29-23)22-14-17(28)8-12-25(22)33-2/h4-5,7-15,19-20,27,29-30H,6H2,1-3H3/t19-,20+,27-/m0/s1. The number of aryl methyl sites for hydroxylation is 1. The molecule has 0 aromatic heterocycles. The van der Waals surface area contributed by atoms with E-state index in [9.17, 15) is 8.42 Å². The van der Waals surface area contributed by atoms with Crippen molar-refractivity contribution in [1.29, 1.82) is 0 Å². The van der Waals surface area contributed by atoms with E-state index in [1.807, 2.05) is 31.2 Å². The van der Waals surface area contributed by atoms with E-state index >= 15 is 0 Å². The summed E-state index contributed by atoms with van der Waals surface area (Å²) in [4.78, 5) is 0.221. The van der Waals surface area contributed by atoms with Crippen molar-refractivity contribution in [1.82, 2.24) is 0 Å². The van der Waals surface area contributed by atoms with E-state index in [-0.39, 0.29) is 22.8 Å². The summed E-state index contributed by atoms with van der Waals surface area (Å²) >= 11 is 3.59. The second kappa shape index (κ2) is 9.24. The highest BCUT2D eigenvalue weighted by atomic mass is 79.9. The highest BCUT2D eigenvalue weighted by Crippen LogP contribution is 2.51. The number of hydrogen-bond acceptors (Lipinski definition) is 5. The number of sulfonamides is 1. The average molecular weight is 555 g/mol. The first-order valence-corrected chi connectivity index (χ1v) is 13.7. The summed E-state index contributed by atoms with van der Waals surface area (Å²) in [6, 6.07) is 16.8. The Labute approximate surface area is 214 Å². The van der Waals surface area contributed by atoms with Crippen LogP contribution in [0, 0.1) is 12.8 Å². The van der Waals surface area contributed by atoms with Crippen molar-refractivity contribution in [2.45, 2.75) is 30.2 Å². The van der Waals surface area contributed by atoms with E-state index < -0.39 is 10.0 Å². The average Bonchev–Trinajstić information content (AvgIpc) is 3.33. The van der Waals surface area contributed by atoms with E-state index in [0.717, 1.165) is 39.0 Å². The van der Waals surface area contributed by atoms with Crippen LogP contribution in [0.3, 0.4) is 0 Å². The Bertz CT molecular complexity index is 1420. The maximum atomic E-state index is 13.3. The molecular formula is C27H27BrN2O4S. The van der Waals surface area contributed by atoms with E-state index in [4.69, 9.17) is 9.47 Å². The molecule has 0 bridgehead atoms. The maximum Gasteiger partial charge on any atom is 0.262 e. The second-order valence-corrected chi connectivity index (χ2v) is 11.5. The number of methoxy groups -OCH3 is 2. The summed E-state index contributed by atoms with van der Waals surface area (Å²) < 4.78 is 41.4. The number of rotatable bonds is 6. The third kappa shape index (κ3) is 4.41. The van der Waals surface area contributed by atoms with E-state index in [2.05, 4.69) is 44.2 Å². The van der Waals surface area contributed by atoms with Gasteiger partial charge in [-0.3, -0.25) is 4.72 Å². The summed E-state index contributed by atoms with van der Waals surface area (Å²) in [6.07, 6.45) is 5.27. The monoisotopic (exact) mass is 554 g/mol. The summed E-state index contributed by atoms with van der Waals surface area (Å²) in [5.74, 6) is 1.65. The SMILES string of the molecule is COc1ccc(C)cc1NS(=O)(=O)c1ccc2c(c1)[C@H]1C=CC[C@H]1[C@@H](c1cc(Br)ccc1OC)N2. The number of anilines is 2. The lowest BCUT2D eigenvalue weighted by atomic mass is 9.77. The third-order valence-electron chi connectivity index (χ3n) is 6.77. The molecule has 5 rings (SSSR count). The van der Waals surface area contributed by atoms with Gasteiger partial charge in [0.2, 0.25) is 0 Å². The molecule has 0 fully saturated rings. The van der Waals surface area contributed by atoms with Crippen molar-refractivity contribution in [3.8, 4) is 11.5 Å². The van der Waals surface area contributed by atoms with Gasteiger partial charge in [0.25, 0.3) is 10.0 Å². The molecule has 0 spiro atoms. The largest absolute Gasteiger partial charge is 0.496 e. The second-order valence-electron chi connectivity index (χ2n) is 8.92. The fourth-order valence-corrected chi connectivity index (χ4v) is 6.58. The predicted molar refractivity (Wildman–Crippen MR) is 142 cm³/mol. The van der Waals surface area contributed by atoms with Crippen LogP contribution in [-0.2, 0) is 10.0 Å². The van der Waals surface area contributed by atoms with Gasteiger partial charge >= 0.3 is 0 Å². The Kier molecular flexibility index (Phi) is 6.27. The summed E-state index contributed by atoms with van der Waals surface area (Å²) in [5.41, 5.74) is 4.34. The maximum absolute atomic E-state index is 13.3. The number of allylic oxidation sites excluding steroid dienone is 2. The number of nitrogens with one attached hydrogen (secondary N) is 2. The third-order valence-corrected chi connectivity index (χ3v) is 8.63. The van der Waals surface area contributed by atoms with Crippen LogP contribution in [-0.4, -0.2) is 22.6 Å². The van der Waals surface area contributed by atoms with Crippen LogP contribution in [0.2, 0.25) is 0 Å². The zero-order chi connectivity index (χ0) is 24.7. The van der Waals surface area contributed by atoms with Gasteiger partial charge in [-0.2, -0.15) is 0 Å². The molecule has 2 aliphatic rings. The molecule has 3 aromatic carbocycles. The lowest BCUT2D eigenvalue weighted by molar-refractivity contribution is 0.381. The Morgan fingerprint density at radius 1 is 0.971 bits per heavy atom. The highest BCUT2D eigenvalue weighted by molar-refractivity contribution is 9.10. The minimum absolute atomic E-state index is 0.0343. The lowest BCUT2D eigenvalue weighted by Gasteiger charge is -2.38. The molecular weight excluding hydrogens is 528 g/mol. The van der Waals surface area contributed by atoms with Gasteiger partial charge in [0.1, 0.15) is 11.5 Å². The van der Waals surface area contributed by atoms with Crippen LogP contribution < -0.4 is 19.5 Å². The molecule has 1 aliphatic heterocycles. The van der Waals surface area contributed by atoms with Crippen LogP contribution >= 0.6 is 15.9 Å². The van der Waals surface area contributed by atoms with Gasteiger partial charge in [0.15, 0.2) is 0 Å². The van der Waals surface area contributed by atoms with Gasteiger partial charge in [-0.25, -0.2) is 8.42 Å². The summed E-state index contributed by atoms with van der Waals surface area (Å²) in [6.45, 7) is 1.91. The fraction of sp³-hybridized carbons (Fsp3) is 0.259. The van der Waals surface area contributed by atoms with Crippen LogP contribution in [0.15, 0.2) is 76.1 Å². The molecule has 35 heavy (non-hydrogen) atoms. The molecule has 8 heteroatoms. The van der Waals surface area contributed by atoms with Gasteiger partial charge in [0.05, 0.1) is 30.8 Å². The number of ether oxygens (including phenoxy) is 2. The number of halogens is 1. The fourth-order valence-electron chi connectivity index (χ4n) is 5.10. The molecule has 0 saturated carbocycles. The lowest BCUT2D eigenvalue weighted by Crippen LogP contribution is -2.29. The van der Waals surface area contributed by atoms with Crippen molar-refractivity contribution >= 4 is 37.3 Å². The Balaban J connectivity index is 1.51. The zero-order valence-corrected chi connectivity index (χ0v) is 22.1. The van der Waals surface area contributed by atoms with Crippen molar-refractivity contribution in [3.63, 3.8) is 0 Å². The topological polar surface area (TPSA) is 76.7 Å². The van der Waals surface area contributed by atoms with Gasteiger partial charge in [-0.1, -0.05) is 34.1 Å². The number of hydrogen-bond donors (Lipinski definition) is 2. The van der Waals surface area contributed by atoms with E-state index in [1.54, 1.807) is 31.4 Å². The predicted octanol–water partition coefficient (Wildman–Crippen LogP) is 6.40. The Hall–Kier alpha value is -2.97. The first-order chi connectivity index (χ1) is 16.8. The van der Waals surface area contributed by atoms with Crippen molar-refractivity contribution in [3.05, 3.63) is 87.9 Å². The normalized spacial score (nSPS) is 20.5. The van der Waals surface area contributed by atoms with Crippen LogP contribution in [0.1, 0.15) is 35.1 Å². The van der Waals surface area contributed by atoms with E-state index in [0.29, 0.717) is 11.4 Å². The molecule has 0 saturated heterocycles. The van der Waals surface area contributed by atoms with Gasteiger partial charge < -0.3 is 14.8 Å². The zero-order valence-electron chi connectivity index (χ0n) is 19.7. The molecule has 6 nitrogen and oxygen atoms in total. The van der Waals surface area contributed by atoms with Crippen molar-refractivity contribution in [2.75, 3.05) is 24.3 Å². The molecule has 3 atom stereocenters. The quantitative estimate of drug-likeness (QED) is 0.344. The minimum Gasteiger partial charge on any atom is -0.496 e. The molecule has 0 unspecified atom stereocenters. The number of benzene rings is 3. The van der Waals surface area contributed by atoms with Crippen LogP contribution in [0.5, 0.6) is 11.5 Å². The van der Waals surface area contributed by atoms with E-state index in [1.165, 1.54) is 7.11 Å².